The molecule has 5 heterocycles. The molecule has 1 fully saturated rings. The van der Waals surface area contributed by atoms with Crippen molar-refractivity contribution in [1.29, 1.82) is 0 Å². The fraction of sp³-hybridized carbons (Fsp3) is 0.385. The molecule has 1 amide bonds. The van der Waals surface area contributed by atoms with E-state index in [4.69, 9.17) is 21.3 Å². The van der Waals surface area contributed by atoms with E-state index in [0.717, 1.165) is 59.4 Å². The number of ether oxygens (including phenoxy) is 1. The largest absolute Gasteiger partial charge is 0.462 e. The van der Waals surface area contributed by atoms with Crippen LogP contribution in [0.3, 0.4) is 0 Å². The lowest BCUT2D eigenvalue weighted by atomic mass is 10.1. The molecule has 4 aromatic rings. The molecule has 1 aromatic carbocycles. The Bertz CT molecular complexity index is 1500. The maximum absolute atomic E-state index is 12.7. The van der Waals surface area contributed by atoms with Crippen LogP contribution >= 0.6 is 22.9 Å². The van der Waals surface area contributed by atoms with Crippen LogP contribution in [0, 0.1) is 0 Å². The molecule has 2 aliphatic rings. The van der Waals surface area contributed by atoms with Crippen molar-refractivity contribution in [3.8, 4) is 6.01 Å². The lowest BCUT2D eigenvalue weighted by molar-refractivity contribution is 0.0949. The first-order valence-corrected chi connectivity index (χ1v) is 13.9. The molecule has 3 N–H and O–H groups in total. The fourth-order valence-electron chi connectivity index (χ4n) is 4.79. The Kier molecular flexibility index (Phi) is 6.91. The number of nitrogens with one attached hydrogen (secondary N) is 3. The van der Waals surface area contributed by atoms with Crippen LogP contribution in [0.4, 0.5) is 17.3 Å². The van der Waals surface area contributed by atoms with Crippen molar-refractivity contribution in [2.45, 2.75) is 13.0 Å². The monoisotopic (exact) mass is 552 g/mol. The first kappa shape index (κ1) is 25.1. The average molecular weight is 553 g/mol. The molecule has 2 aliphatic heterocycles. The minimum atomic E-state index is -0.0414. The number of rotatable bonds is 6. The third-order valence-corrected chi connectivity index (χ3v) is 8.20. The lowest BCUT2D eigenvalue weighted by Crippen LogP contribution is -2.45. The van der Waals surface area contributed by atoms with Gasteiger partial charge in [-0.3, -0.25) is 9.69 Å². The second kappa shape index (κ2) is 10.5. The number of anilines is 3. The minimum Gasteiger partial charge on any atom is -0.462 e. The van der Waals surface area contributed by atoms with Crippen LogP contribution in [0.25, 0.3) is 21.0 Å². The number of hydrogen-bond donors (Lipinski definition) is 3. The second-order valence-electron chi connectivity index (χ2n) is 9.74. The van der Waals surface area contributed by atoms with Crippen LogP contribution in [-0.4, -0.2) is 89.6 Å². The highest BCUT2D eigenvalue weighted by Crippen LogP contribution is 2.41. The van der Waals surface area contributed by atoms with Crippen molar-refractivity contribution in [3.05, 3.63) is 40.4 Å². The van der Waals surface area contributed by atoms with Crippen LogP contribution in [0.2, 0.25) is 5.15 Å². The molecule has 12 heteroatoms. The summed E-state index contributed by atoms with van der Waals surface area (Å²) in [4.78, 5) is 31.6. The van der Waals surface area contributed by atoms with E-state index in [1.54, 1.807) is 6.07 Å². The Morgan fingerprint density at radius 2 is 1.97 bits per heavy atom. The quantitative estimate of drug-likeness (QED) is 0.308. The Hall–Kier alpha value is -3.25. The van der Waals surface area contributed by atoms with Crippen molar-refractivity contribution < 1.29 is 9.53 Å². The summed E-state index contributed by atoms with van der Waals surface area (Å²) in [5.41, 5.74) is 1.69. The zero-order valence-electron chi connectivity index (χ0n) is 21.3. The molecule has 0 aliphatic carbocycles. The topological polar surface area (TPSA) is 108 Å². The van der Waals surface area contributed by atoms with E-state index in [0.29, 0.717) is 34.8 Å². The molecule has 0 radical (unpaired) electrons. The molecule has 0 saturated carbocycles. The molecule has 38 heavy (non-hydrogen) atoms. The number of likely N-dealkylation sites (N-methyl/N-ethyl adjacent to an activating group) is 1. The number of carbonyl (C=O) groups excluding carboxylic acids is 1. The smallest absolute Gasteiger partial charge is 0.319 e. The van der Waals surface area contributed by atoms with E-state index in [9.17, 15) is 4.79 Å². The number of aromatic nitrogens is 3. The van der Waals surface area contributed by atoms with Crippen molar-refractivity contribution in [3.63, 3.8) is 0 Å². The summed E-state index contributed by atoms with van der Waals surface area (Å²) in [6, 6.07) is 9.84. The van der Waals surface area contributed by atoms with E-state index in [-0.39, 0.29) is 18.0 Å². The maximum atomic E-state index is 12.7. The normalized spacial score (nSPS) is 18.6. The third kappa shape index (κ3) is 5.19. The summed E-state index contributed by atoms with van der Waals surface area (Å²) < 4.78 is 6.87. The number of piperazine rings is 1. The van der Waals surface area contributed by atoms with Crippen LogP contribution in [-0.2, 0) is 0 Å². The average Bonchev–Trinajstić information content (AvgIpc) is 3.21. The molecule has 1 saturated heterocycles. The van der Waals surface area contributed by atoms with Gasteiger partial charge in [-0.2, -0.15) is 9.97 Å². The first-order chi connectivity index (χ1) is 18.4. The predicted octanol–water partition coefficient (Wildman–Crippen LogP) is 3.81. The first-order valence-electron chi connectivity index (χ1n) is 12.7. The number of amides is 1. The van der Waals surface area contributed by atoms with Crippen molar-refractivity contribution in [2.24, 2.45) is 0 Å². The Morgan fingerprint density at radius 1 is 1.13 bits per heavy atom. The van der Waals surface area contributed by atoms with Gasteiger partial charge in [0.25, 0.3) is 5.91 Å². The second-order valence-corrected chi connectivity index (χ2v) is 11.2. The summed E-state index contributed by atoms with van der Waals surface area (Å²) in [6.45, 7) is 8.14. The molecule has 6 rings (SSSR count). The number of hydrogen-bond acceptors (Lipinski definition) is 10. The summed E-state index contributed by atoms with van der Waals surface area (Å²) in [5.74, 6) is 1.08. The summed E-state index contributed by atoms with van der Waals surface area (Å²) in [7, 11) is 2.14. The van der Waals surface area contributed by atoms with Gasteiger partial charge in [0.15, 0.2) is 0 Å². The number of fused-ring (bicyclic) bond motifs is 5. The summed E-state index contributed by atoms with van der Waals surface area (Å²) in [6.07, 6.45) is 0. The van der Waals surface area contributed by atoms with E-state index in [1.165, 1.54) is 11.3 Å². The van der Waals surface area contributed by atoms with E-state index < -0.39 is 0 Å². The highest BCUT2D eigenvalue weighted by molar-refractivity contribution is 7.21. The van der Waals surface area contributed by atoms with Crippen molar-refractivity contribution >= 4 is 67.2 Å². The summed E-state index contributed by atoms with van der Waals surface area (Å²) >= 11 is 7.76. The van der Waals surface area contributed by atoms with Gasteiger partial charge in [0.05, 0.1) is 11.2 Å². The molecule has 0 spiro atoms. The molecule has 198 valence electrons. The number of nitrogens with zero attached hydrogens (tertiary/aromatic N) is 5. The van der Waals surface area contributed by atoms with Crippen LogP contribution in [0.5, 0.6) is 6.01 Å². The van der Waals surface area contributed by atoms with Crippen LogP contribution < -0.4 is 20.7 Å². The number of carbonyl (C=O) groups is 1. The fourth-order valence-corrected chi connectivity index (χ4v) is 6.06. The summed E-state index contributed by atoms with van der Waals surface area (Å²) in [5, 5.41) is 12.0. The van der Waals surface area contributed by atoms with Gasteiger partial charge in [0.1, 0.15) is 28.3 Å². The van der Waals surface area contributed by atoms with Gasteiger partial charge in [-0.25, -0.2) is 4.98 Å². The van der Waals surface area contributed by atoms with Gasteiger partial charge in [-0.05, 0) is 38.2 Å². The Labute approximate surface area is 229 Å². The zero-order valence-corrected chi connectivity index (χ0v) is 22.8. The molecule has 10 nitrogen and oxygen atoms in total. The number of benzene rings is 1. The van der Waals surface area contributed by atoms with Crippen molar-refractivity contribution in [1.82, 2.24) is 30.1 Å². The van der Waals surface area contributed by atoms with Gasteiger partial charge in [-0.1, -0.05) is 11.6 Å². The highest BCUT2D eigenvalue weighted by Gasteiger charge is 2.24. The van der Waals surface area contributed by atoms with Gasteiger partial charge in [-0.15, -0.1) is 11.3 Å². The molecule has 0 bridgehead atoms. The standard InChI is InChI=1S/C26H29ClN8O2S/c1-15-14-28-23-22-16-3-6-20(30-17(16)4-5-18(22)38-24(23)25(36)29-15)32-21-13-19(27)31-26(33-21)37-12-11-35-9-7-34(2)8-10-35/h3-6,13,15,28H,7-12,14H2,1-2H3,(H,29,36)(H,30,31,32,33)/t15-/m0/s1. The van der Waals surface area contributed by atoms with Gasteiger partial charge in [0.2, 0.25) is 0 Å². The van der Waals surface area contributed by atoms with Gasteiger partial charge >= 0.3 is 6.01 Å². The third-order valence-electron chi connectivity index (χ3n) is 6.86. The SMILES string of the molecule is C[C@H]1CNc2c(sc3ccc4nc(Nc5cc(Cl)nc(OCCN6CCN(C)CC6)n5)ccc4c23)C(=O)N1. The predicted molar refractivity (Wildman–Crippen MR) is 152 cm³/mol. The van der Waals surface area contributed by atoms with E-state index in [1.807, 2.05) is 31.2 Å². The molecule has 1 atom stereocenters. The number of pyridine rings is 1. The molecular weight excluding hydrogens is 524 g/mol. The molecular formula is C26H29ClN8O2S. The van der Waals surface area contributed by atoms with E-state index in [2.05, 4.69) is 42.8 Å². The zero-order chi connectivity index (χ0) is 26.2. The highest BCUT2D eigenvalue weighted by atomic mass is 35.5. The van der Waals surface area contributed by atoms with Crippen LogP contribution in [0.1, 0.15) is 16.6 Å². The van der Waals surface area contributed by atoms with E-state index >= 15 is 0 Å². The lowest BCUT2D eigenvalue weighted by Gasteiger charge is -2.32. The molecule has 3 aromatic heterocycles. The Balaban J connectivity index is 1.20. The molecule has 0 unspecified atom stereocenters. The van der Waals surface area contributed by atoms with Crippen molar-refractivity contribution in [2.75, 3.05) is 63.6 Å². The van der Waals surface area contributed by atoms with Gasteiger partial charge in [0, 0.05) is 66.8 Å². The maximum Gasteiger partial charge on any atom is 0.319 e. The minimum absolute atomic E-state index is 0.0414. The van der Waals surface area contributed by atoms with Gasteiger partial charge < -0.3 is 25.6 Å². The number of halogens is 1. The number of thiophene rings is 1. The Morgan fingerprint density at radius 3 is 2.82 bits per heavy atom. The van der Waals surface area contributed by atoms with Crippen LogP contribution in [0.15, 0.2) is 30.3 Å².